The third-order valence-corrected chi connectivity index (χ3v) is 6.44. The van der Waals surface area contributed by atoms with Crippen molar-refractivity contribution in [3.63, 3.8) is 0 Å². The van der Waals surface area contributed by atoms with Crippen LogP contribution in [-0.2, 0) is 23.5 Å². The molecular formula is C18H23N3O3S. The highest BCUT2D eigenvalue weighted by Gasteiger charge is 2.25. The van der Waals surface area contributed by atoms with Crippen LogP contribution in [0.4, 0.5) is 0 Å². The summed E-state index contributed by atoms with van der Waals surface area (Å²) in [6.07, 6.45) is 3.13. The van der Waals surface area contributed by atoms with Crippen LogP contribution in [0, 0.1) is 6.92 Å². The molecule has 0 spiro atoms. The lowest BCUT2D eigenvalue weighted by molar-refractivity contribution is 0.0984. The van der Waals surface area contributed by atoms with E-state index in [1.54, 1.807) is 46.4 Å². The molecule has 134 valence electrons. The summed E-state index contributed by atoms with van der Waals surface area (Å²) in [6, 6.07) is 8.40. The predicted molar refractivity (Wildman–Crippen MR) is 95.0 cm³/mol. The molecule has 1 aliphatic heterocycles. The number of sulfonamides is 1. The van der Waals surface area contributed by atoms with Crippen molar-refractivity contribution in [3.05, 3.63) is 47.3 Å². The van der Waals surface area contributed by atoms with Crippen LogP contribution >= 0.6 is 0 Å². The van der Waals surface area contributed by atoms with Crippen molar-refractivity contribution in [3.8, 4) is 0 Å². The second-order valence-electron chi connectivity index (χ2n) is 6.50. The topological polar surface area (TPSA) is 72.3 Å². The number of rotatable bonds is 5. The Morgan fingerprint density at radius 2 is 1.76 bits per heavy atom. The lowest BCUT2D eigenvalue weighted by atomic mass is 10.1. The quantitative estimate of drug-likeness (QED) is 0.766. The Morgan fingerprint density at radius 1 is 1.12 bits per heavy atom. The maximum Gasteiger partial charge on any atom is 0.243 e. The number of carbonyl (C=O) groups excluding carboxylic acids is 1. The summed E-state index contributed by atoms with van der Waals surface area (Å²) in [7, 11) is -1.68. The number of Topliss-reactive ketones (excluding diaryl/α,β-unsaturated/α-hetero) is 1. The maximum atomic E-state index is 12.6. The van der Waals surface area contributed by atoms with Crippen LogP contribution in [0.1, 0.15) is 41.0 Å². The highest BCUT2D eigenvalue weighted by Crippen LogP contribution is 2.21. The van der Waals surface area contributed by atoms with Gasteiger partial charge in [-0.1, -0.05) is 18.6 Å². The first-order chi connectivity index (χ1) is 11.9. The van der Waals surface area contributed by atoms with E-state index in [-0.39, 0.29) is 12.2 Å². The van der Waals surface area contributed by atoms with Crippen molar-refractivity contribution in [1.29, 1.82) is 0 Å². The number of aryl methyl sites for hydroxylation is 2. The highest BCUT2D eigenvalue weighted by atomic mass is 32.2. The number of nitrogens with zero attached hydrogens (tertiary/aromatic N) is 3. The van der Waals surface area contributed by atoms with Crippen LogP contribution in [0.2, 0.25) is 0 Å². The average Bonchev–Trinajstić information content (AvgIpc) is 2.94. The largest absolute Gasteiger partial charge is 0.292 e. The van der Waals surface area contributed by atoms with Crippen LogP contribution in [0.15, 0.2) is 35.2 Å². The summed E-state index contributed by atoms with van der Waals surface area (Å²) in [5.74, 6) is -0.0327. The van der Waals surface area contributed by atoms with E-state index in [0.29, 0.717) is 23.7 Å². The van der Waals surface area contributed by atoms with Gasteiger partial charge in [-0.2, -0.15) is 9.40 Å². The summed E-state index contributed by atoms with van der Waals surface area (Å²) in [6.45, 7) is 3.02. The van der Waals surface area contributed by atoms with Crippen LogP contribution in [-0.4, -0.2) is 41.4 Å². The first kappa shape index (κ1) is 17.8. The molecule has 1 saturated heterocycles. The van der Waals surface area contributed by atoms with E-state index in [1.165, 1.54) is 0 Å². The summed E-state index contributed by atoms with van der Waals surface area (Å²) < 4.78 is 28.4. The molecule has 1 aliphatic rings. The summed E-state index contributed by atoms with van der Waals surface area (Å²) >= 11 is 0. The third-order valence-electron chi connectivity index (χ3n) is 4.53. The van der Waals surface area contributed by atoms with Crippen molar-refractivity contribution in [2.24, 2.45) is 7.05 Å². The van der Waals surface area contributed by atoms with E-state index in [1.807, 2.05) is 6.92 Å². The molecule has 0 unspecified atom stereocenters. The summed E-state index contributed by atoms with van der Waals surface area (Å²) in [5, 5.41) is 4.18. The molecule has 1 aromatic carbocycles. The van der Waals surface area contributed by atoms with Crippen molar-refractivity contribution in [1.82, 2.24) is 14.1 Å². The van der Waals surface area contributed by atoms with Crippen molar-refractivity contribution < 1.29 is 13.2 Å². The molecule has 2 heterocycles. The summed E-state index contributed by atoms with van der Waals surface area (Å²) in [5.41, 5.74) is 2.15. The van der Waals surface area contributed by atoms with Crippen LogP contribution in [0.5, 0.6) is 0 Å². The Morgan fingerprint density at radius 3 is 2.32 bits per heavy atom. The van der Waals surface area contributed by atoms with E-state index < -0.39 is 10.0 Å². The Labute approximate surface area is 148 Å². The van der Waals surface area contributed by atoms with Gasteiger partial charge in [0.25, 0.3) is 0 Å². The second-order valence-corrected chi connectivity index (χ2v) is 8.44. The molecule has 25 heavy (non-hydrogen) atoms. The Kier molecular flexibility index (Phi) is 5.06. The summed E-state index contributed by atoms with van der Waals surface area (Å²) in [4.78, 5) is 12.7. The maximum absolute atomic E-state index is 12.6. The standard InChI is InChI=1S/C18H23N3O3S/c1-14-12-17(20(2)19-14)18(22)13-15-6-8-16(9-7-15)25(23,24)21-10-4-3-5-11-21/h6-9,12H,3-5,10-11,13H2,1-2H3. The molecule has 0 N–H and O–H groups in total. The number of ketones is 1. The smallest absolute Gasteiger partial charge is 0.243 e. The molecule has 1 aromatic heterocycles. The molecule has 3 rings (SSSR count). The van der Waals surface area contributed by atoms with E-state index in [2.05, 4.69) is 5.10 Å². The molecule has 0 aliphatic carbocycles. The number of hydrogen-bond acceptors (Lipinski definition) is 4. The lowest BCUT2D eigenvalue weighted by Crippen LogP contribution is -2.35. The molecular weight excluding hydrogens is 338 g/mol. The third kappa shape index (κ3) is 3.82. The van der Waals surface area contributed by atoms with Gasteiger partial charge < -0.3 is 0 Å². The van der Waals surface area contributed by atoms with Gasteiger partial charge in [-0.05, 0) is 43.5 Å². The minimum Gasteiger partial charge on any atom is -0.292 e. The molecule has 2 aromatic rings. The number of aromatic nitrogens is 2. The fourth-order valence-electron chi connectivity index (χ4n) is 3.18. The first-order valence-electron chi connectivity index (χ1n) is 8.51. The number of carbonyl (C=O) groups is 1. The molecule has 0 atom stereocenters. The normalized spacial score (nSPS) is 16.1. The molecule has 1 fully saturated rings. The van der Waals surface area contributed by atoms with Gasteiger partial charge in [0.05, 0.1) is 10.6 Å². The highest BCUT2D eigenvalue weighted by molar-refractivity contribution is 7.89. The van der Waals surface area contributed by atoms with Crippen LogP contribution in [0.3, 0.4) is 0 Å². The van der Waals surface area contributed by atoms with E-state index >= 15 is 0 Å². The second kappa shape index (κ2) is 7.09. The van der Waals surface area contributed by atoms with Crippen LogP contribution in [0.25, 0.3) is 0 Å². The van der Waals surface area contributed by atoms with Gasteiger partial charge in [-0.3, -0.25) is 9.48 Å². The fourth-order valence-corrected chi connectivity index (χ4v) is 4.70. The van der Waals surface area contributed by atoms with Crippen molar-refractivity contribution in [2.75, 3.05) is 13.1 Å². The molecule has 7 heteroatoms. The van der Waals surface area contributed by atoms with Gasteiger partial charge in [0.15, 0.2) is 5.78 Å². The van der Waals surface area contributed by atoms with Gasteiger partial charge in [0, 0.05) is 26.6 Å². The monoisotopic (exact) mass is 361 g/mol. The van der Waals surface area contributed by atoms with Crippen molar-refractivity contribution >= 4 is 15.8 Å². The molecule has 0 amide bonds. The SMILES string of the molecule is Cc1cc(C(=O)Cc2ccc(S(=O)(=O)N3CCCCC3)cc2)n(C)n1. The Hall–Kier alpha value is -1.99. The van der Waals surface area contributed by atoms with Gasteiger partial charge in [0.1, 0.15) is 5.69 Å². The van der Waals surface area contributed by atoms with Gasteiger partial charge in [-0.25, -0.2) is 8.42 Å². The van der Waals surface area contributed by atoms with E-state index in [4.69, 9.17) is 0 Å². The Bertz CT molecular complexity index is 863. The molecule has 0 saturated carbocycles. The van der Waals surface area contributed by atoms with Gasteiger partial charge in [0.2, 0.25) is 10.0 Å². The number of benzene rings is 1. The molecule has 6 nitrogen and oxygen atoms in total. The number of hydrogen-bond donors (Lipinski definition) is 0. The molecule has 0 bridgehead atoms. The fraction of sp³-hybridized carbons (Fsp3) is 0.444. The minimum absolute atomic E-state index is 0.0327. The minimum atomic E-state index is -3.43. The van der Waals surface area contributed by atoms with Gasteiger partial charge in [-0.15, -0.1) is 0 Å². The Balaban J connectivity index is 1.74. The van der Waals surface area contributed by atoms with Crippen LogP contribution < -0.4 is 0 Å². The first-order valence-corrected chi connectivity index (χ1v) is 9.95. The van der Waals surface area contributed by atoms with E-state index in [0.717, 1.165) is 30.5 Å². The zero-order valence-electron chi connectivity index (χ0n) is 14.6. The average molecular weight is 361 g/mol. The van der Waals surface area contributed by atoms with Crippen molar-refractivity contribution in [2.45, 2.75) is 37.5 Å². The van der Waals surface area contributed by atoms with E-state index in [9.17, 15) is 13.2 Å². The molecule has 0 radical (unpaired) electrons. The predicted octanol–water partition coefficient (Wildman–Crippen LogP) is 2.33. The zero-order valence-corrected chi connectivity index (χ0v) is 15.4. The van der Waals surface area contributed by atoms with Gasteiger partial charge >= 0.3 is 0 Å². The number of piperidine rings is 1. The lowest BCUT2D eigenvalue weighted by Gasteiger charge is -2.25. The zero-order chi connectivity index (χ0) is 18.0.